The third-order valence-corrected chi connectivity index (χ3v) is 3.32. The Morgan fingerprint density at radius 1 is 1.14 bits per heavy atom. The molecule has 0 fully saturated rings. The van der Waals surface area contributed by atoms with Gasteiger partial charge in [-0.15, -0.1) is 0 Å². The van der Waals surface area contributed by atoms with Crippen LogP contribution in [0.5, 0.6) is 5.75 Å². The second-order valence-electron chi connectivity index (χ2n) is 5.68. The summed E-state index contributed by atoms with van der Waals surface area (Å²) in [5.41, 5.74) is -0.880. The summed E-state index contributed by atoms with van der Waals surface area (Å²) in [4.78, 5) is 13.9. The van der Waals surface area contributed by atoms with Gasteiger partial charge in [0.1, 0.15) is 11.6 Å². The van der Waals surface area contributed by atoms with Gasteiger partial charge in [0.05, 0.1) is 22.8 Å². The number of pyridine rings is 2. The van der Waals surface area contributed by atoms with E-state index in [2.05, 4.69) is 24.7 Å². The molecule has 0 atom stereocenters. The molecule has 0 aromatic carbocycles. The van der Waals surface area contributed by atoms with Gasteiger partial charge in [-0.25, -0.2) is 9.97 Å². The number of H-pyrrole nitrogens is 1. The highest BCUT2D eigenvalue weighted by atomic mass is 19.4. The van der Waals surface area contributed by atoms with Gasteiger partial charge in [-0.3, -0.25) is 4.98 Å². The molecule has 0 aliphatic heterocycles. The molecule has 6 nitrogen and oxygen atoms in total. The number of alkyl halides is 6. The summed E-state index contributed by atoms with van der Waals surface area (Å²) in [6.45, 7) is 0.711. The Morgan fingerprint density at radius 2 is 1.83 bits per heavy atom. The second kappa shape index (κ2) is 9.07. The van der Waals surface area contributed by atoms with Crippen LogP contribution in [0, 0.1) is 0 Å². The van der Waals surface area contributed by atoms with Crippen LogP contribution >= 0.6 is 0 Å². The van der Waals surface area contributed by atoms with E-state index in [4.69, 9.17) is 5.11 Å². The van der Waals surface area contributed by atoms with Crippen molar-refractivity contribution in [1.29, 1.82) is 0 Å². The van der Waals surface area contributed by atoms with Gasteiger partial charge in [0, 0.05) is 19.0 Å². The number of hydrogen-bond acceptors (Lipinski definition) is 5. The van der Waals surface area contributed by atoms with Crippen LogP contribution in [0.3, 0.4) is 0 Å². The number of aliphatic hydroxyl groups excluding tert-OH is 1. The number of imidazole rings is 1. The topological polar surface area (TPSA) is 83.9 Å². The van der Waals surface area contributed by atoms with Crippen molar-refractivity contribution in [2.45, 2.75) is 25.7 Å². The Morgan fingerprint density at radius 3 is 2.41 bits per heavy atom. The zero-order valence-corrected chi connectivity index (χ0v) is 15.0. The highest BCUT2D eigenvalue weighted by molar-refractivity contribution is 5.78. The van der Waals surface area contributed by atoms with Crippen molar-refractivity contribution in [3.63, 3.8) is 0 Å². The van der Waals surface area contributed by atoms with Crippen LogP contribution in [0.1, 0.15) is 18.9 Å². The van der Waals surface area contributed by atoms with Crippen molar-refractivity contribution in [2.24, 2.45) is 0 Å². The van der Waals surface area contributed by atoms with Crippen LogP contribution in [0.25, 0.3) is 22.6 Å². The number of nitrogens with one attached hydrogen (secondary N) is 1. The van der Waals surface area contributed by atoms with Gasteiger partial charge in [0.15, 0.2) is 12.3 Å². The summed E-state index contributed by atoms with van der Waals surface area (Å²) < 4.78 is 79.8. The summed E-state index contributed by atoms with van der Waals surface area (Å²) >= 11 is 0. The first-order valence-corrected chi connectivity index (χ1v) is 8.23. The monoisotopic (exact) mass is 422 g/mol. The highest BCUT2D eigenvalue weighted by Gasteiger charge is 2.32. The Kier molecular flexibility index (Phi) is 7.01. The van der Waals surface area contributed by atoms with Crippen LogP contribution in [-0.2, 0) is 6.18 Å². The van der Waals surface area contributed by atoms with E-state index < -0.39 is 24.5 Å². The van der Waals surface area contributed by atoms with E-state index >= 15 is 0 Å². The van der Waals surface area contributed by atoms with Gasteiger partial charge in [-0.05, 0) is 18.6 Å². The van der Waals surface area contributed by atoms with Crippen molar-refractivity contribution in [2.75, 3.05) is 13.2 Å². The van der Waals surface area contributed by atoms with Crippen molar-refractivity contribution in [3.8, 4) is 17.1 Å². The maximum absolute atomic E-state index is 12.7. The number of rotatable bonds is 4. The minimum atomic E-state index is -4.58. The molecule has 0 spiro atoms. The molecule has 3 rings (SSSR count). The van der Waals surface area contributed by atoms with E-state index in [1.54, 1.807) is 0 Å². The first-order chi connectivity index (χ1) is 13.5. The standard InChI is InChI=1S/C14H8F6N4O.C3H8O/c15-13(16,17)6-25-10-5-21-2-1-8(10)11-23-9-3-7(14(18,19)20)4-22-12(9)24-11;1-2-3-4/h1-5H,6H2,(H,22,23,24);4H,2-3H2,1H3. The smallest absolute Gasteiger partial charge is 0.422 e. The largest absolute Gasteiger partial charge is 0.482 e. The van der Waals surface area contributed by atoms with Gasteiger partial charge >= 0.3 is 12.4 Å². The number of ether oxygens (including phenoxy) is 1. The molecule has 0 radical (unpaired) electrons. The fourth-order valence-corrected chi connectivity index (χ4v) is 2.03. The highest BCUT2D eigenvalue weighted by Crippen LogP contribution is 2.32. The van der Waals surface area contributed by atoms with Gasteiger partial charge in [0.25, 0.3) is 0 Å². The van der Waals surface area contributed by atoms with Gasteiger partial charge in [0.2, 0.25) is 0 Å². The zero-order valence-electron chi connectivity index (χ0n) is 15.0. The lowest BCUT2D eigenvalue weighted by Gasteiger charge is -2.11. The molecule has 29 heavy (non-hydrogen) atoms. The molecule has 0 saturated carbocycles. The molecule has 0 unspecified atom stereocenters. The van der Waals surface area contributed by atoms with Crippen molar-refractivity contribution in [1.82, 2.24) is 19.9 Å². The Labute approximate surface area is 160 Å². The fourth-order valence-electron chi connectivity index (χ4n) is 2.03. The van der Waals surface area contributed by atoms with Crippen LogP contribution in [0.2, 0.25) is 0 Å². The molecule has 3 aromatic rings. The number of fused-ring (bicyclic) bond motifs is 1. The molecule has 158 valence electrons. The molecule has 0 aliphatic rings. The van der Waals surface area contributed by atoms with E-state index in [9.17, 15) is 26.3 Å². The number of hydrogen-bond donors (Lipinski definition) is 2. The minimum Gasteiger partial charge on any atom is -0.482 e. The van der Waals surface area contributed by atoms with Crippen molar-refractivity contribution < 1.29 is 36.2 Å². The SMILES string of the molecule is CCCO.FC(F)(F)COc1cnccc1-c1nc2ncc(C(F)(F)F)cc2[nH]1. The van der Waals surface area contributed by atoms with Crippen LogP contribution in [-0.4, -0.2) is 44.4 Å². The number of nitrogens with zero attached hydrogens (tertiary/aromatic N) is 3. The molecule has 3 heterocycles. The van der Waals surface area contributed by atoms with Crippen LogP contribution < -0.4 is 4.74 Å². The summed E-state index contributed by atoms with van der Waals surface area (Å²) in [6.07, 6.45) is -5.28. The van der Waals surface area contributed by atoms with Crippen molar-refractivity contribution in [3.05, 3.63) is 36.3 Å². The van der Waals surface area contributed by atoms with Crippen LogP contribution in [0.15, 0.2) is 30.7 Å². The summed E-state index contributed by atoms with van der Waals surface area (Å²) in [7, 11) is 0. The summed E-state index contributed by atoms with van der Waals surface area (Å²) in [6, 6.07) is 2.14. The third kappa shape index (κ3) is 6.31. The van der Waals surface area contributed by atoms with E-state index in [0.717, 1.165) is 18.7 Å². The number of aromatic amines is 1. The van der Waals surface area contributed by atoms with Gasteiger partial charge < -0.3 is 14.8 Å². The average molecular weight is 422 g/mol. The fraction of sp³-hybridized carbons (Fsp3) is 0.353. The first-order valence-electron chi connectivity index (χ1n) is 8.23. The third-order valence-electron chi connectivity index (χ3n) is 3.32. The van der Waals surface area contributed by atoms with E-state index in [1.807, 2.05) is 6.92 Å². The van der Waals surface area contributed by atoms with Gasteiger partial charge in [-0.2, -0.15) is 26.3 Å². The Balaban J connectivity index is 0.000000687. The molecule has 0 aliphatic carbocycles. The van der Waals surface area contributed by atoms with E-state index in [1.165, 1.54) is 12.3 Å². The molecule has 12 heteroatoms. The number of aliphatic hydroxyl groups is 1. The second-order valence-corrected chi connectivity index (χ2v) is 5.68. The van der Waals surface area contributed by atoms with E-state index in [-0.39, 0.29) is 28.3 Å². The maximum Gasteiger partial charge on any atom is 0.422 e. The zero-order chi connectivity index (χ0) is 21.7. The number of halogens is 6. The molecule has 0 saturated heterocycles. The lowest BCUT2D eigenvalue weighted by atomic mass is 10.2. The normalized spacial score (nSPS) is 11.9. The maximum atomic E-state index is 12.7. The molecule has 3 aromatic heterocycles. The molecule has 2 N–H and O–H groups in total. The average Bonchev–Trinajstić information content (AvgIpc) is 3.08. The lowest BCUT2D eigenvalue weighted by molar-refractivity contribution is -0.153. The Hall–Kier alpha value is -2.89. The molecule has 0 amide bonds. The summed E-state index contributed by atoms with van der Waals surface area (Å²) in [5.74, 6) is -0.198. The molecule has 0 bridgehead atoms. The molecular weight excluding hydrogens is 406 g/mol. The predicted molar refractivity (Wildman–Crippen MR) is 91.0 cm³/mol. The number of aromatic nitrogens is 4. The Bertz CT molecular complexity index is 938. The quantitative estimate of drug-likeness (QED) is 0.610. The minimum absolute atomic E-state index is 0.0107. The predicted octanol–water partition coefficient (Wildman–Crippen LogP) is 4.37. The molecular formula is C17H16F6N4O2. The van der Waals surface area contributed by atoms with Crippen LogP contribution in [0.4, 0.5) is 26.3 Å². The lowest BCUT2D eigenvalue weighted by Crippen LogP contribution is -2.19. The van der Waals surface area contributed by atoms with Crippen molar-refractivity contribution >= 4 is 11.2 Å². The summed E-state index contributed by atoms with van der Waals surface area (Å²) in [5, 5.41) is 7.88. The first kappa shape index (κ1) is 22.4. The van der Waals surface area contributed by atoms with Gasteiger partial charge in [-0.1, -0.05) is 6.92 Å². The van der Waals surface area contributed by atoms with E-state index in [0.29, 0.717) is 12.8 Å².